The molecule has 0 aliphatic carbocycles. The second-order valence-corrected chi connectivity index (χ2v) is 7.83. The maximum absolute atomic E-state index is 12.8. The Morgan fingerprint density at radius 3 is 2.41 bits per heavy atom. The largest absolute Gasteiger partial charge is 0.465 e. The molecule has 22 heavy (non-hydrogen) atoms. The van der Waals surface area contributed by atoms with Gasteiger partial charge in [-0.3, -0.25) is 0 Å². The third-order valence-electron chi connectivity index (χ3n) is 3.05. The van der Waals surface area contributed by atoms with E-state index in [0.717, 1.165) is 11.3 Å². The molecular weight excluding hydrogens is 346 g/mol. The fourth-order valence-electron chi connectivity index (χ4n) is 1.98. The third-order valence-corrected chi connectivity index (χ3v) is 6.66. The number of nitrogens with two attached hydrogens (primary N) is 1. The van der Waals surface area contributed by atoms with Crippen molar-refractivity contribution in [1.82, 2.24) is 0 Å². The van der Waals surface area contributed by atoms with Crippen LogP contribution in [0, 0.1) is 0 Å². The van der Waals surface area contributed by atoms with Gasteiger partial charge in [-0.25, -0.2) is 13.2 Å². The first-order chi connectivity index (χ1) is 10.3. The van der Waals surface area contributed by atoms with Crippen molar-refractivity contribution in [2.75, 3.05) is 12.8 Å². The SMILES string of the molecule is CCc1sc(C(=O)OC)c(N)c1S(=O)(=O)c1ccc(Cl)cc1. The maximum atomic E-state index is 12.8. The highest BCUT2D eigenvalue weighted by Gasteiger charge is 2.30. The van der Waals surface area contributed by atoms with Gasteiger partial charge in [0.25, 0.3) is 0 Å². The highest BCUT2D eigenvalue weighted by atomic mass is 35.5. The van der Waals surface area contributed by atoms with E-state index in [1.165, 1.54) is 31.4 Å². The summed E-state index contributed by atoms with van der Waals surface area (Å²) in [6.45, 7) is 1.80. The van der Waals surface area contributed by atoms with Crippen LogP contribution < -0.4 is 5.73 Å². The molecule has 8 heteroatoms. The predicted octanol–water partition coefficient (Wildman–Crippen LogP) is 3.17. The van der Waals surface area contributed by atoms with Gasteiger partial charge >= 0.3 is 5.97 Å². The first-order valence-corrected chi connectivity index (χ1v) is 9.00. The van der Waals surface area contributed by atoms with Crippen LogP contribution in [-0.2, 0) is 21.0 Å². The minimum Gasteiger partial charge on any atom is -0.465 e. The number of nitrogen functional groups attached to an aromatic ring is 1. The molecule has 1 heterocycles. The lowest BCUT2D eigenvalue weighted by molar-refractivity contribution is 0.0607. The zero-order valence-corrected chi connectivity index (χ0v) is 14.3. The fraction of sp³-hybridized carbons (Fsp3) is 0.214. The lowest BCUT2D eigenvalue weighted by Crippen LogP contribution is -2.08. The molecular formula is C14H14ClNO4S2. The molecule has 2 N–H and O–H groups in total. The van der Waals surface area contributed by atoms with E-state index in [1.807, 2.05) is 0 Å². The minimum atomic E-state index is -3.83. The van der Waals surface area contributed by atoms with Crippen LogP contribution in [-0.4, -0.2) is 21.5 Å². The molecule has 1 aromatic carbocycles. The zero-order valence-electron chi connectivity index (χ0n) is 11.9. The summed E-state index contributed by atoms with van der Waals surface area (Å²) in [7, 11) is -2.61. The van der Waals surface area contributed by atoms with E-state index in [1.54, 1.807) is 6.92 Å². The quantitative estimate of drug-likeness (QED) is 0.847. The predicted molar refractivity (Wildman–Crippen MR) is 86.4 cm³/mol. The van der Waals surface area contributed by atoms with Crippen LogP contribution in [0.25, 0.3) is 0 Å². The van der Waals surface area contributed by atoms with Gasteiger partial charge in [0.2, 0.25) is 9.84 Å². The molecule has 0 saturated carbocycles. The van der Waals surface area contributed by atoms with E-state index in [-0.39, 0.29) is 20.4 Å². The van der Waals surface area contributed by atoms with Gasteiger partial charge in [0.15, 0.2) is 0 Å². The van der Waals surface area contributed by atoms with Crippen LogP contribution in [0.2, 0.25) is 5.02 Å². The third kappa shape index (κ3) is 2.84. The van der Waals surface area contributed by atoms with E-state index in [4.69, 9.17) is 17.3 Å². The number of ether oxygens (including phenoxy) is 1. The second kappa shape index (κ2) is 6.28. The van der Waals surface area contributed by atoms with Gasteiger partial charge in [0.1, 0.15) is 9.77 Å². The van der Waals surface area contributed by atoms with Crippen molar-refractivity contribution in [1.29, 1.82) is 0 Å². The van der Waals surface area contributed by atoms with Crippen molar-refractivity contribution in [3.05, 3.63) is 39.0 Å². The topological polar surface area (TPSA) is 86.5 Å². The normalized spacial score (nSPS) is 11.4. The highest BCUT2D eigenvalue weighted by molar-refractivity contribution is 7.91. The number of carbonyl (C=O) groups excluding carboxylic acids is 1. The summed E-state index contributed by atoms with van der Waals surface area (Å²) >= 11 is 6.82. The number of thiophene rings is 1. The highest BCUT2D eigenvalue weighted by Crippen LogP contribution is 2.38. The summed E-state index contributed by atoms with van der Waals surface area (Å²) in [6.07, 6.45) is 0.439. The average Bonchev–Trinajstić information content (AvgIpc) is 2.84. The molecule has 5 nitrogen and oxygen atoms in total. The van der Waals surface area contributed by atoms with Crippen LogP contribution in [0.15, 0.2) is 34.1 Å². The molecule has 0 spiro atoms. The smallest absolute Gasteiger partial charge is 0.350 e. The number of halogens is 1. The van der Waals surface area contributed by atoms with Crippen LogP contribution in [0.5, 0.6) is 0 Å². The van der Waals surface area contributed by atoms with Gasteiger partial charge in [-0.15, -0.1) is 11.3 Å². The molecule has 0 bridgehead atoms. The van der Waals surface area contributed by atoms with Gasteiger partial charge in [-0.05, 0) is 30.7 Å². The number of carbonyl (C=O) groups is 1. The van der Waals surface area contributed by atoms with Crippen molar-refractivity contribution in [2.45, 2.75) is 23.1 Å². The molecule has 0 aliphatic rings. The fourth-order valence-corrected chi connectivity index (χ4v) is 5.16. The van der Waals surface area contributed by atoms with Crippen molar-refractivity contribution in [3.63, 3.8) is 0 Å². The molecule has 0 amide bonds. The second-order valence-electron chi connectivity index (χ2n) is 4.40. The first kappa shape index (κ1) is 16.8. The molecule has 1 aromatic heterocycles. The lowest BCUT2D eigenvalue weighted by Gasteiger charge is -2.07. The molecule has 0 fully saturated rings. The Kier molecular flexibility index (Phi) is 4.79. The van der Waals surface area contributed by atoms with E-state index in [0.29, 0.717) is 16.3 Å². The van der Waals surface area contributed by atoms with Gasteiger partial charge in [-0.2, -0.15) is 0 Å². The van der Waals surface area contributed by atoms with Crippen LogP contribution in [0.1, 0.15) is 21.5 Å². The number of esters is 1. The van der Waals surface area contributed by atoms with E-state index < -0.39 is 15.8 Å². The van der Waals surface area contributed by atoms with Crippen LogP contribution in [0.4, 0.5) is 5.69 Å². The molecule has 0 unspecified atom stereocenters. The monoisotopic (exact) mass is 359 g/mol. The van der Waals surface area contributed by atoms with Gasteiger partial charge < -0.3 is 10.5 Å². The van der Waals surface area contributed by atoms with Gasteiger partial charge in [0.05, 0.1) is 17.7 Å². The number of aryl methyl sites for hydroxylation is 1. The lowest BCUT2D eigenvalue weighted by atomic mass is 10.3. The Labute approximate surface area is 137 Å². The molecule has 0 aliphatic heterocycles. The Morgan fingerprint density at radius 1 is 1.32 bits per heavy atom. The summed E-state index contributed by atoms with van der Waals surface area (Å²) in [5.74, 6) is -0.644. The Balaban J connectivity index is 2.67. The van der Waals surface area contributed by atoms with E-state index in [2.05, 4.69) is 4.74 Å². The number of anilines is 1. The van der Waals surface area contributed by atoms with Gasteiger partial charge in [-0.1, -0.05) is 18.5 Å². The van der Waals surface area contributed by atoms with Crippen molar-refractivity contribution >= 4 is 44.4 Å². The maximum Gasteiger partial charge on any atom is 0.350 e. The van der Waals surface area contributed by atoms with E-state index in [9.17, 15) is 13.2 Å². The first-order valence-electron chi connectivity index (χ1n) is 6.33. The number of rotatable bonds is 4. The summed E-state index contributed by atoms with van der Waals surface area (Å²) < 4.78 is 30.2. The van der Waals surface area contributed by atoms with Gasteiger partial charge in [0, 0.05) is 9.90 Å². The van der Waals surface area contributed by atoms with Crippen molar-refractivity contribution in [3.8, 4) is 0 Å². The molecule has 0 saturated heterocycles. The number of hydrogen-bond donors (Lipinski definition) is 1. The molecule has 118 valence electrons. The average molecular weight is 360 g/mol. The Hall–Kier alpha value is -1.57. The Bertz CT molecular complexity index is 810. The van der Waals surface area contributed by atoms with E-state index >= 15 is 0 Å². The summed E-state index contributed by atoms with van der Waals surface area (Å²) in [5, 5.41) is 0.434. The number of benzene rings is 1. The zero-order chi connectivity index (χ0) is 16.5. The van der Waals surface area contributed by atoms with Crippen LogP contribution in [0.3, 0.4) is 0 Å². The summed E-state index contributed by atoms with van der Waals surface area (Å²) in [5.41, 5.74) is 5.85. The minimum absolute atomic E-state index is 0.0253. The molecule has 0 radical (unpaired) electrons. The Morgan fingerprint density at radius 2 is 1.91 bits per heavy atom. The number of sulfone groups is 1. The molecule has 0 atom stereocenters. The number of hydrogen-bond acceptors (Lipinski definition) is 6. The molecule has 2 aromatic rings. The van der Waals surface area contributed by atoms with Crippen molar-refractivity contribution < 1.29 is 17.9 Å². The molecule has 2 rings (SSSR count). The standard InChI is InChI=1S/C14H14ClNO4S2/c1-3-10-13(11(16)12(21-10)14(17)20-2)22(18,19)9-6-4-8(15)5-7-9/h4-7H,3,16H2,1-2H3. The van der Waals surface area contributed by atoms with Crippen LogP contribution >= 0.6 is 22.9 Å². The number of methoxy groups -OCH3 is 1. The summed E-state index contributed by atoms with van der Waals surface area (Å²) in [6, 6.07) is 5.80. The summed E-state index contributed by atoms with van der Waals surface area (Å²) in [4.78, 5) is 12.4. The van der Waals surface area contributed by atoms with Crippen molar-refractivity contribution in [2.24, 2.45) is 0 Å².